The summed E-state index contributed by atoms with van der Waals surface area (Å²) in [5.74, 6) is -1.60. The zero-order valence-corrected chi connectivity index (χ0v) is 19.4. The van der Waals surface area contributed by atoms with Gasteiger partial charge in [-0.1, -0.05) is 61.5 Å². The molecule has 2 atom stereocenters. The second-order valence-corrected chi connectivity index (χ2v) is 8.51. The first-order chi connectivity index (χ1) is 16.4. The van der Waals surface area contributed by atoms with Crippen molar-refractivity contribution in [2.75, 3.05) is 6.54 Å². The predicted molar refractivity (Wildman–Crippen MR) is 130 cm³/mol. The number of carbonyl (C=O) groups is 1. The summed E-state index contributed by atoms with van der Waals surface area (Å²) >= 11 is 0. The third-order valence-corrected chi connectivity index (χ3v) is 5.75. The van der Waals surface area contributed by atoms with Gasteiger partial charge in [0.1, 0.15) is 11.6 Å². The summed E-state index contributed by atoms with van der Waals surface area (Å²) in [6.07, 6.45) is 0.928. The van der Waals surface area contributed by atoms with E-state index in [1.165, 1.54) is 17.7 Å². The summed E-state index contributed by atoms with van der Waals surface area (Å²) in [6, 6.07) is 20.4. The molecule has 0 aliphatic heterocycles. The average Bonchev–Trinajstić information content (AvgIpc) is 2.82. The second kappa shape index (κ2) is 13.0. The highest BCUT2D eigenvalue weighted by Gasteiger charge is 2.22. The second-order valence-electron chi connectivity index (χ2n) is 8.51. The molecule has 180 valence electrons. The molecule has 1 amide bonds. The Hall–Kier alpha value is -3.09. The van der Waals surface area contributed by atoms with Crippen LogP contribution < -0.4 is 10.6 Å². The molecule has 34 heavy (non-hydrogen) atoms. The smallest absolute Gasteiger partial charge is 0.220 e. The van der Waals surface area contributed by atoms with E-state index in [9.17, 15) is 18.7 Å². The van der Waals surface area contributed by atoms with Crippen molar-refractivity contribution in [1.29, 1.82) is 0 Å². The Morgan fingerprint density at radius 2 is 1.56 bits per heavy atom. The van der Waals surface area contributed by atoms with Crippen molar-refractivity contribution < 1.29 is 18.7 Å². The lowest BCUT2D eigenvalue weighted by Crippen LogP contribution is -2.48. The third kappa shape index (κ3) is 8.36. The molecule has 3 aromatic rings. The molecule has 0 aromatic heterocycles. The Labute approximate surface area is 200 Å². The van der Waals surface area contributed by atoms with E-state index in [1.54, 1.807) is 0 Å². The van der Waals surface area contributed by atoms with Gasteiger partial charge >= 0.3 is 0 Å². The Morgan fingerprint density at radius 3 is 2.26 bits per heavy atom. The van der Waals surface area contributed by atoms with E-state index in [0.29, 0.717) is 18.5 Å². The first-order valence-electron chi connectivity index (χ1n) is 11.7. The van der Waals surface area contributed by atoms with Crippen LogP contribution in [0.15, 0.2) is 72.8 Å². The molecule has 0 aliphatic carbocycles. The SMILES string of the molecule is CCc1cccc(CNC[C@@H](O)[C@H](Cc2cc(F)cc(F)c2)NC(=O)CCc2ccccc2)c1. The van der Waals surface area contributed by atoms with Gasteiger partial charge in [-0.3, -0.25) is 4.79 Å². The number of rotatable bonds is 12. The topological polar surface area (TPSA) is 61.4 Å². The molecule has 3 rings (SSSR count). The molecular weight excluding hydrogens is 434 g/mol. The van der Waals surface area contributed by atoms with Crippen LogP contribution in [0.4, 0.5) is 8.78 Å². The number of halogens is 2. The van der Waals surface area contributed by atoms with Crippen molar-refractivity contribution in [2.24, 2.45) is 0 Å². The van der Waals surface area contributed by atoms with Crippen LogP contribution in [0.25, 0.3) is 0 Å². The van der Waals surface area contributed by atoms with E-state index >= 15 is 0 Å². The zero-order chi connectivity index (χ0) is 24.3. The monoisotopic (exact) mass is 466 g/mol. The van der Waals surface area contributed by atoms with Crippen molar-refractivity contribution in [2.45, 2.75) is 51.3 Å². The van der Waals surface area contributed by atoms with E-state index in [1.807, 2.05) is 42.5 Å². The van der Waals surface area contributed by atoms with Crippen molar-refractivity contribution >= 4 is 5.91 Å². The van der Waals surface area contributed by atoms with Crippen LogP contribution in [0.3, 0.4) is 0 Å². The molecule has 0 saturated heterocycles. The molecule has 0 fully saturated rings. The van der Waals surface area contributed by atoms with Gasteiger partial charge in [-0.2, -0.15) is 0 Å². The normalized spacial score (nSPS) is 12.8. The molecule has 0 saturated carbocycles. The maximum atomic E-state index is 13.7. The van der Waals surface area contributed by atoms with Gasteiger partial charge in [0.25, 0.3) is 0 Å². The Bertz CT molecular complexity index is 1040. The van der Waals surface area contributed by atoms with Gasteiger partial charge in [0.05, 0.1) is 12.1 Å². The molecule has 0 aliphatic rings. The number of amides is 1. The number of aliphatic hydroxyl groups excluding tert-OH is 1. The highest BCUT2D eigenvalue weighted by atomic mass is 19.1. The number of aliphatic hydroxyl groups is 1. The van der Waals surface area contributed by atoms with Crippen LogP contribution in [0.1, 0.15) is 35.6 Å². The summed E-state index contributed by atoms with van der Waals surface area (Å²) in [5.41, 5.74) is 3.75. The summed E-state index contributed by atoms with van der Waals surface area (Å²) in [5, 5.41) is 16.9. The highest BCUT2D eigenvalue weighted by molar-refractivity contribution is 5.76. The van der Waals surface area contributed by atoms with E-state index in [4.69, 9.17) is 0 Å². The van der Waals surface area contributed by atoms with E-state index in [-0.39, 0.29) is 25.3 Å². The average molecular weight is 467 g/mol. The minimum Gasteiger partial charge on any atom is -0.390 e. The molecule has 0 unspecified atom stereocenters. The quantitative estimate of drug-likeness (QED) is 0.372. The fraction of sp³-hybridized carbons (Fsp3) is 0.321. The highest BCUT2D eigenvalue weighted by Crippen LogP contribution is 2.13. The van der Waals surface area contributed by atoms with E-state index in [0.717, 1.165) is 23.6 Å². The lowest BCUT2D eigenvalue weighted by Gasteiger charge is -2.25. The van der Waals surface area contributed by atoms with Crippen molar-refractivity contribution in [3.05, 3.63) is 107 Å². The fourth-order valence-electron chi connectivity index (χ4n) is 3.91. The van der Waals surface area contributed by atoms with Gasteiger partial charge in [0.15, 0.2) is 0 Å². The van der Waals surface area contributed by atoms with Gasteiger partial charge in [-0.25, -0.2) is 8.78 Å². The lowest BCUT2D eigenvalue weighted by molar-refractivity contribution is -0.122. The molecular formula is C28H32F2N2O2. The van der Waals surface area contributed by atoms with Crippen LogP contribution in [-0.2, 0) is 30.6 Å². The first-order valence-corrected chi connectivity index (χ1v) is 11.7. The minimum absolute atomic E-state index is 0.111. The van der Waals surface area contributed by atoms with Crippen LogP contribution in [0.5, 0.6) is 0 Å². The lowest BCUT2D eigenvalue weighted by atomic mass is 10.00. The van der Waals surface area contributed by atoms with Gasteiger partial charge in [-0.15, -0.1) is 0 Å². The predicted octanol–water partition coefficient (Wildman–Crippen LogP) is 4.34. The number of aryl methyl sites for hydroxylation is 2. The molecule has 4 nitrogen and oxygen atoms in total. The van der Waals surface area contributed by atoms with Crippen LogP contribution in [-0.4, -0.2) is 29.7 Å². The molecule has 6 heteroatoms. The maximum Gasteiger partial charge on any atom is 0.220 e. The van der Waals surface area contributed by atoms with Gasteiger partial charge in [-0.05, 0) is 53.6 Å². The molecule has 0 heterocycles. The van der Waals surface area contributed by atoms with E-state index in [2.05, 4.69) is 29.7 Å². The third-order valence-electron chi connectivity index (χ3n) is 5.75. The Morgan fingerprint density at radius 1 is 0.882 bits per heavy atom. The van der Waals surface area contributed by atoms with E-state index < -0.39 is 23.8 Å². The number of benzene rings is 3. The molecule has 3 N–H and O–H groups in total. The summed E-state index contributed by atoms with van der Waals surface area (Å²) in [6.45, 7) is 2.88. The maximum absolute atomic E-state index is 13.7. The zero-order valence-electron chi connectivity index (χ0n) is 19.4. The largest absolute Gasteiger partial charge is 0.390 e. The van der Waals surface area contributed by atoms with Crippen LogP contribution in [0, 0.1) is 11.6 Å². The number of hydrogen-bond donors (Lipinski definition) is 3. The fourth-order valence-corrected chi connectivity index (χ4v) is 3.91. The van der Waals surface area contributed by atoms with Crippen LogP contribution in [0.2, 0.25) is 0 Å². The number of hydrogen-bond acceptors (Lipinski definition) is 3. The molecule has 0 spiro atoms. The number of carbonyl (C=O) groups excluding carboxylic acids is 1. The molecule has 0 bridgehead atoms. The Balaban J connectivity index is 1.62. The summed E-state index contributed by atoms with van der Waals surface area (Å²) in [4.78, 5) is 12.6. The van der Waals surface area contributed by atoms with Gasteiger partial charge < -0.3 is 15.7 Å². The van der Waals surface area contributed by atoms with Crippen LogP contribution >= 0.6 is 0 Å². The number of nitrogens with one attached hydrogen (secondary N) is 2. The molecule has 0 radical (unpaired) electrons. The molecule has 3 aromatic carbocycles. The van der Waals surface area contributed by atoms with Crippen molar-refractivity contribution in [3.8, 4) is 0 Å². The Kier molecular flexibility index (Phi) is 9.74. The standard InChI is InChI=1S/C28H32F2N2O2/c1-2-20-9-6-10-22(13-20)18-31-19-27(33)26(16-23-14-24(29)17-25(30)15-23)32-28(34)12-11-21-7-4-3-5-8-21/h3-10,13-15,17,26-27,31,33H,2,11-12,16,18-19H2,1H3,(H,32,34)/t26-,27+/m0/s1. The summed E-state index contributed by atoms with van der Waals surface area (Å²) in [7, 11) is 0. The van der Waals surface area contributed by atoms with Crippen molar-refractivity contribution in [3.63, 3.8) is 0 Å². The van der Waals surface area contributed by atoms with Gasteiger partial charge in [0.2, 0.25) is 5.91 Å². The minimum atomic E-state index is -0.943. The van der Waals surface area contributed by atoms with Gasteiger partial charge in [0, 0.05) is 25.6 Å². The first kappa shape index (κ1) is 25.5. The van der Waals surface area contributed by atoms with Crippen molar-refractivity contribution in [1.82, 2.24) is 10.6 Å². The summed E-state index contributed by atoms with van der Waals surface area (Å²) < 4.78 is 27.4.